The smallest absolute Gasteiger partial charge is 0.302 e. The summed E-state index contributed by atoms with van der Waals surface area (Å²) in [6.07, 6.45) is 0. The highest BCUT2D eigenvalue weighted by Crippen LogP contribution is 2.43. The molecular weight excluding hydrogens is 482 g/mol. The Labute approximate surface area is 211 Å². The summed E-state index contributed by atoms with van der Waals surface area (Å²) in [5.41, 5.74) is 3.10. The number of anilines is 1. The van der Waals surface area contributed by atoms with E-state index in [9.17, 15) is 14.7 Å². The molecule has 8 nitrogen and oxygen atoms in total. The molecule has 1 unspecified atom stereocenters. The van der Waals surface area contributed by atoms with E-state index < -0.39 is 17.7 Å². The fourth-order valence-corrected chi connectivity index (χ4v) is 4.59. The highest BCUT2D eigenvalue weighted by molar-refractivity contribution is 6.51. The van der Waals surface area contributed by atoms with Crippen LogP contribution in [0.1, 0.15) is 22.7 Å². The maximum atomic E-state index is 13.4. The molecule has 0 radical (unpaired) electrons. The number of halogens is 1. The van der Waals surface area contributed by atoms with Gasteiger partial charge in [0.15, 0.2) is 11.5 Å². The van der Waals surface area contributed by atoms with E-state index >= 15 is 0 Å². The number of hydrogen-bond donors (Lipinski definition) is 2. The van der Waals surface area contributed by atoms with Gasteiger partial charge in [-0.3, -0.25) is 14.5 Å². The van der Waals surface area contributed by atoms with Gasteiger partial charge in [0.05, 0.1) is 36.9 Å². The van der Waals surface area contributed by atoms with Crippen LogP contribution in [0, 0.1) is 6.92 Å². The molecule has 1 aromatic heterocycles. The van der Waals surface area contributed by atoms with Crippen LogP contribution in [0.15, 0.2) is 66.2 Å². The molecule has 1 fully saturated rings. The lowest BCUT2D eigenvalue weighted by Gasteiger charge is -2.23. The Morgan fingerprint density at radius 3 is 2.53 bits per heavy atom. The summed E-state index contributed by atoms with van der Waals surface area (Å²) in [7, 11) is 3.01. The molecule has 182 valence electrons. The molecular formula is C27H22ClN3O5. The van der Waals surface area contributed by atoms with Crippen LogP contribution in [-0.2, 0) is 9.59 Å². The van der Waals surface area contributed by atoms with Crippen LogP contribution in [0.5, 0.6) is 11.5 Å². The van der Waals surface area contributed by atoms with Gasteiger partial charge in [-0.1, -0.05) is 35.9 Å². The number of Topliss-reactive ketones (excluding diaryl/α,β-unsaturated/α-hetero) is 1. The van der Waals surface area contributed by atoms with Crippen molar-refractivity contribution in [1.82, 2.24) is 9.97 Å². The molecule has 4 aromatic rings. The first-order chi connectivity index (χ1) is 17.3. The van der Waals surface area contributed by atoms with Crippen LogP contribution in [-0.4, -0.2) is 41.0 Å². The number of amides is 1. The van der Waals surface area contributed by atoms with Crippen molar-refractivity contribution in [2.45, 2.75) is 13.0 Å². The van der Waals surface area contributed by atoms with Crippen LogP contribution < -0.4 is 14.4 Å². The average Bonchev–Trinajstić information content (AvgIpc) is 3.40. The number of hydrogen-bond acceptors (Lipinski definition) is 6. The van der Waals surface area contributed by atoms with Crippen LogP contribution in [0.4, 0.5) is 5.95 Å². The van der Waals surface area contributed by atoms with Crippen LogP contribution in [0.3, 0.4) is 0 Å². The number of benzene rings is 3. The van der Waals surface area contributed by atoms with Gasteiger partial charge >= 0.3 is 5.91 Å². The van der Waals surface area contributed by atoms with E-state index in [1.54, 1.807) is 36.4 Å². The Hall–Kier alpha value is -4.30. The third kappa shape index (κ3) is 3.85. The average molecular weight is 504 g/mol. The van der Waals surface area contributed by atoms with Crippen LogP contribution in [0.2, 0.25) is 5.02 Å². The molecule has 9 heteroatoms. The number of aryl methyl sites for hydroxylation is 1. The number of methoxy groups -OCH3 is 2. The normalized spacial score (nSPS) is 17.1. The van der Waals surface area contributed by atoms with Gasteiger partial charge in [0.25, 0.3) is 5.78 Å². The number of rotatable bonds is 5. The maximum Gasteiger partial charge on any atom is 0.302 e. The number of fused-ring (bicyclic) bond motifs is 1. The number of ether oxygens (including phenoxy) is 2. The molecule has 36 heavy (non-hydrogen) atoms. The fourth-order valence-electron chi connectivity index (χ4n) is 4.40. The summed E-state index contributed by atoms with van der Waals surface area (Å²) < 4.78 is 10.8. The Bertz CT molecular complexity index is 1560. The van der Waals surface area contributed by atoms with Gasteiger partial charge in [0, 0.05) is 10.6 Å². The second kappa shape index (κ2) is 9.05. The number of ketones is 1. The molecule has 1 saturated heterocycles. The molecule has 1 aliphatic rings. The first-order valence-corrected chi connectivity index (χ1v) is 11.5. The summed E-state index contributed by atoms with van der Waals surface area (Å²) in [5.74, 6) is -0.943. The van der Waals surface area contributed by atoms with Gasteiger partial charge in [-0.2, -0.15) is 0 Å². The standard InChI is InChI=1S/C27H22ClN3O5/c1-14-7-9-18-19(11-14)30-27(29-18)31-23(15-8-10-20(35-2)21(13-15)36-3)22(25(33)26(31)34)24(32)16-5-4-6-17(28)12-16/h4-13,23,32H,1-3H3,(H,29,30)/b24-22+. The SMILES string of the molecule is COc1ccc(C2/C(=C(\O)c3cccc(Cl)c3)C(=O)C(=O)N2c2nc3ccc(C)cc3[nH]2)cc1OC. The highest BCUT2D eigenvalue weighted by Gasteiger charge is 2.48. The lowest BCUT2D eigenvalue weighted by molar-refractivity contribution is -0.132. The minimum atomic E-state index is -0.995. The summed E-state index contributed by atoms with van der Waals surface area (Å²) in [6, 6.07) is 16.2. The lowest BCUT2D eigenvalue weighted by atomic mass is 9.95. The number of nitrogens with zero attached hydrogens (tertiary/aromatic N) is 2. The Balaban J connectivity index is 1.76. The number of aliphatic hydroxyl groups is 1. The molecule has 0 aliphatic carbocycles. The summed E-state index contributed by atoms with van der Waals surface area (Å²) in [5, 5.41) is 11.6. The van der Waals surface area contributed by atoms with Crippen molar-refractivity contribution in [3.05, 3.63) is 87.9 Å². The van der Waals surface area contributed by atoms with E-state index in [-0.39, 0.29) is 17.3 Å². The molecule has 0 spiro atoms. The Morgan fingerprint density at radius 2 is 1.81 bits per heavy atom. The number of aliphatic hydroxyl groups excluding tert-OH is 1. The molecule has 2 heterocycles. The second-order valence-electron chi connectivity index (χ2n) is 8.37. The first-order valence-electron chi connectivity index (χ1n) is 11.1. The Kier molecular flexibility index (Phi) is 5.89. The number of aromatic amines is 1. The van der Waals surface area contributed by atoms with E-state index in [2.05, 4.69) is 9.97 Å². The fraction of sp³-hybridized carbons (Fsp3) is 0.148. The van der Waals surface area contributed by atoms with Gasteiger partial charge in [-0.05, 0) is 54.4 Å². The predicted molar refractivity (Wildman–Crippen MR) is 137 cm³/mol. The first kappa shape index (κ1) is 23.4. The maximum absolute atomic E-state index is 13.4. The topological polar surface area (TPSA) is 105 Å². The number of imidazole rings is 1. The van der Waals surface area contributed by atoms with Gasteiger partial charge in [0.1, 0.15) is 5.76 Å². The van der Waals surface area contributed by atoms with E-state index in [1.807, 2.05) is 25.1 Å². The largest absolute Gasteiger partial charge is 0.507 e. The van der Waals surface area contributed by atoms with E-state index in [1.165, 1.54) is 25.2 Å². The zero-order chi connectivity index (χ0) is 25.6. The number of nitrogens with one attached hydrogen (secondary N) is 1. The van der Waals surface area contributed by atoms with Crippen molar-refractivity contribution < 1.29 is 24.2 Å². The minimum Gasteiger partial charge on any atom is -0.507 e. The zero-order valence-electron chi connectivity index (χ0n) is 19.7. The van der Waals surface area contributed by atoms with Crippen LogP contribution >= 0.6 is 11.6 Å². The molecule has 1 atom stereocenters. The predicted octanol–water partition coefficient (Wildman–Crippen LogP) is 5.17. The van der Waals surface area contributed by atoms with Crippen molar-refractivity contribution in [2.24, 2.45) is 0 Å². The van der Waals surface area contributed by atoms with Crippen molar-refractivity contribution in [3.63, 3.8) is 0 Å². The van der Waals surface area contributed by atoms with Crippen molar-refractivity contribution in [2.75, 3.05) is 19.1 Å². The molecule has 0 saturated carbocycles. The van der Waals surface area contributed by atoms with Crippen molar-refractivity contribution in [1.29, 1.82) is 0 Å². The van der Waals surface area contributed by atoms with Crippen molar-refractivity contribution >= 4 is 46.0 Å². The summed E-state index contributed by atoms with van der Waals surface area (Å²) in [4.78, 5) is 35.8. The third-order valence-corrected chi connectivity index (χ3v) is 6.35. The summed E-state index contributed by atoms with van der Waals surface area (Å²) in [6.45, 7) is 1.95. The highest BCUT2D eigenvalue weighted by atomic mass is 35.5. The molecule has 2 N–H and O–H groups in total. The second-order valence-corrected chi connectivity index (χ2v) is 8.81. The van der Waals surface area contributed by atoms with Gasteiger partial charge in [0.2, 0.25) is 5.95 Å². The van der Waals surface area contributed by atoms with E-state index in [0.29, 0.717) is 38.7 Å². The minimum absolute atomic E-state index is 0.0916. The van der Waals surface area contributed by atoms with Crippen molar-refractivity contribution in [3.8, 4) is 11.5 Å². The van der Waals surface area contributed by atoms with Gasteiger partial charge in [-0.25, -0.2) is 4.98 Å². The third-order valence-electron chi connectivity index (χ3n) is 6.12. The van der Waals surface area contributed by atoms with E-state index in [0.717, 1.165) is 5.56 Å². The zero-order valence-corrected chi connectivity index (χ0v) is 20.5. The Morgan fingerprint density at radius 1 is 1.03 bits per heavy atom. The molecule has 5 rings (SSSR count). The molecule has 1 amide bonds. The molecule has 1 aliphatic heterocycles. The number of aromatic nitrogens is 2. The van der Waals surface area contributed by atoms with Gasteiger partial charge in [-0.15, -0.1) is 0 Å². The number of H-pyrrole nitrogens is 1. The number of carbonyl (C=O) groups excluding carboxylic acids is 2. The lowest BCUT2D eigenvalue weighted by Crippen LogP contribution is -2.30. The van der Waals surface area contributed by atoms with Gasteiger partial charge < -0.3 is 19.6 Å². The summed E-state index contributed by atoms with van der Waals surface area (Å²) >= 11 is 6.13. The number of carbonyl (C=O) groups is 2. The molecule has 3 aromatic carbocycles. The monoisotopic (exact) mass is 503 g/mol. The van der Waals surface area contributed by atoms with Crippen LogP contribution in [0.25, 0.3) is 16.8 Å². The van der Waals surface area contributed by atoms with E-state index in [4.69, 9.17) is 21.1 Å². The quantitative estimate of drug-likeness (QED) is 0.221. The molecule has 0 bridgehead atoms.